The van der Waals surface area contributed by atoms with Crippen molar-refractivity contribution in [1.82, 2.24) is 19.1 Å². The van der Waals surface area contributed by atoms with E-state index in [1.54, 1.807) is 31.3 Å². The summed E-state index contributed by atoms with van der Waals surface area (Å²) in [4.78, 5) is 41.9. The van der Waals surface area contributed by atoms with E-state index in [-0.39, 0.29) is 11.2 Å². The Bertz CT molecular complexity index is 1080. The van der Waals surface area contributed by atoms with Gasteiger partial charge in [0.2, 0.25) is 0 Å². The second kappa shape index (κ2) is 5.65. The van der Waals surface area contributed by atoms with Crippen molar-refractivity contribution in [3.05, 3.63) is 56.7 Å². The fraction of sp³-hybridized carbons (Fsp3) is 0.125. The van der Waals surface area contributed by atoms with Crippen molar-refractivity contribution in [2.45, 2.75) is 0 Å². The highest BCUT2D eigenvalue weighted by Crippen LogP contribution is 2.19. The minimum atomic E-state index is -1.02. The molecule has 2 N–H and O–H groups in total. The number of aliphatic carboxylic acids is 1. The Kier molecular flexibility index (Phi) is 3.64. The number of benzene rings is 1. The number of rotatable bonds is 3. The van der Waals surface area contributed by atoms with Crippen LogP contribution in [-0.2, 0) is 18.9 Å². The zero-order valence-corrected chi connectivity index (χ0v) is 13.0. The molecule has 0 atom stereocenters. The zero-order valence-electron chi connectivity index (χ0n) is 13.0. The molecule has 0 fully saturated rings. The van der Waals surface area contributed by atoms with Crippen LogP contribution < -0.4 is 11.2 Å². The van der Waals surface area contributed by atoms with Gasteiger partial charge in [0.1, 0.15) is 11.3 Å². The number of carboxylic acids is 1. The predicted octanol–water partition coefficient (Wildman–Crippen LogP) is 0.725. The summed E-state index contributed by atoms with van der Waals surface area (Å²) >= 11 is 0. The summed E-state index contributed by atoms with van der Waals surface area (Å²) in [6.07, 6.45) is 2.53. The van der Waals surface area contributed by atoms with Crippen LogP contribution >= 0.6 is 0 Å². The number of fused-ring (bicyclic) bond motifs is 1. The molecule has 8 nitrogen and oxygen atoms in total. The molecule has 0 unspecified atom stereocenters. The number of carbonyl (C=O) groups is 1. The molecule has 0 spiro atoms. The topological polar surface area (TPSA) is 110 Å². The van der Waals surface area contributed by atoms with Crippen molar-refractivity contribution in [2.75, 3.05) is 0 Å². The fourth-order valence-corrected chi connectivity index (χ4v) is 2.38. The van der Waals surface area contributed by atoms with E-state index in [9.17, 15) is 14.4 Å². The van der Waals surface area contributed by atoms with Gasteiger partial charge in [0.05, 0.1) is 0 Å². The standard InChI is InChI=1S/C16H14N4O4/c1-19-14-12(15(23)20(2)16(19)24)17-13(18-14)10-6-3-9(4-7-10)5-8-11(21)22/h3-8H,1-2H3,(H,17,18)(H,21,22)/b8-5+. The molecule has 0 saturated carbocycles. The first-order chi connectivity index (χ1) is 11.4. The number of imidazole rings is 1. The van der Waals surface area contributed by atoms with Gasteiger partial charge in [-0.2, -0.15) is 0 Å². The Balaban J connectivity index is 2.09. The van der Waals surface area contributed by atoms with Gasteiger partial charge in [-0.25, -0.2) is 14.6 Å². The molecule has 24 heavy (non-hydrogen) atoms. The smallest absolute Gasteiger partial charge is 0.332 e. The maximum atomic E-state index is 12.2. The summed E-state index contributed by atoms with van der Waals surface area (Å²) in [7, 11) is 2.96. The molecule has 0 bridgehead atoms. The van der Waals surface area contributed by atoms with Crippen LogP contribution in [0.3, 0.4) is 0 Å². The zero-order chi connectivity index (χ0) is 17.4. The molecular weight excluding hydrogens is 312 g/mol. The van der Waals surface area contributed by atoms with Gasteiger partial charge in [0.25, 0.3) is 5.56 Å². The highest BCUT2D eigenvalue weighted by molar-refractivity contribution is 5.85. The Morgan fingerprint density at radius 1 is 1.17 bits per heavy atom. The lowest BCUT2D eigenvalue weighted by atomic mass is 10.1. The predicted molar refractivity (Wildman–Crippen MR) is 88.7 cm³/mol. The molecule has 0 saturated heterocycles. The van der Waals surface area contributed by atoms with Gasteiger partial charge in [-0.1, -0.05) is 24.3 Å². The fourth-order valence-electron chi connectivity index (χ4n) is 2.38. The first kappa shape index (κ1) is 15.5. The van der Waals surface area contributed by atoms with Gasteiger partial charge in [0.15, 0.2) is 5.65 Å². The van der Waals surface area contributed by atoms with Crippen molar-refractivity contribution < 1.29 is 9.90 Å². The van der Waals surface area contributed by atoms with Crippen LogP contribution in [-0.4, -0.2) is 30.2 Å². The third-order valence-corrected chi connectivity index (χ3v) is 3.70. The molecule has 0 radical (unpaired) electrons. The quantitative estimate of drug-likeness (QED) is 0.689. The SMILES string of the molecule is Cn1c(=O)c2[nH]c(-c3ccc(/C=C/C(=O)O)cc3)nc2n(C)c1=O. The first-order valence-corrected chi connectivity index (χ1v) is 7.05. The Morgan fingerprint density at radius 3 is 2.46 bits per heavy atom. The van der Waals surface area contributed by atoms with Gasteiger partial charge in [-0.15, -0.1) is 0 Å². The lowest BCUT2D eigenvalue weighted by Gasteiger charge is -2.00. The summed E-state index contributed by atoms with van der Waals surface area (Å²) < 4.78 is 2.32. The molecule has 1 aromatic carbocycles. The van der Waals surface area contributed by atoms with Crippen LogP contribution in [0.25, 0.3) is 28.6 Å². The third-order valence-electron chi connectivity index (χ3n) is 3.70. The first-order valence-electron chi connectivity index (χ1n) is 7.05. The van der Waals surface area contributed by atoms with E-state index in [1.807, 2.05) is 0 Å². The second-order valence-electron chi connectivity index (χ2n) is 5.28. The molecule has 0 aliphatic rings. The summed E-state index contributed by atoms with van der Waals surface area (Å²) in [6, 6.07) is 6.97. The summed E-state index contributed by atoms with van der Waals surface area (Å²) in [5.74, 6) is -0.565. The molecule has 0 amide bonds. The van der Waals surface area contributed by atoms with Gasteiger partial charge in [-0.05, 0) is 11.6 Å². The van der Waals surface area contributed by atoms with Gasteiger partial charge in [0, 0.05) is 25.7 Å². The lowest BCUT2D eigenvalue weighted by molar-refractivity contribution is -0.131. The van der Waals surface area contributed by atoms with Gasteiger partial charge >= 0.3 is 11.7 Å². The highest BCUT2D eigenvalue weighted by atomic mass is 16.4. The number of hydrogen-bond acceptors (Lipinski definition) is 4. The van der Waals surface area contributed by atoms with Crippen LogP contribution in [0.4, 0.5) is 0 Å². The van der Waals surface area contributed by atoms with Crippen LogP contribution in [0, 0.1) is 0 Å². The lowest BCUT2D eigenvalue weighted by Crippen LogP contribution is -2.36. The molecule has 2 heterocycles. The average Bonchev–Trinajstić information content (AvgIpc) is 3.02. The van der Waals surface area contributed by atoms with E-state index in [2.05, 4.69) is 9.97 Å². The number of hydrogen-bond donors (Lipinski definition) is 2. The van der Waals surface area contributed by atoms with E-state index in [4.69, 9.17) is 5.11 Å². The van der Waals surface area contributed by atoms with Crippen molar-refractivity contribution in [3.8, 4) is 11.4 Å². The number of H-pyrrole nitrogens is 1. The molecular formula is C16H14N4O4. The molecule has 2 aromatic heterocycles. The van der Waals surface area contributed by atoms with Crippen molar-refractivity contribution in [1.29, 1.82) is 0 Å². The number of aromatic nitrogens is 4. The Morgan fingerprint density at radius 2 is 1.83 bits per heavy atom. The Labute approximate surface area is 135 Å². The van der Waals surface area contributed by atoms with Crippen molar-refractivity contribution in [2.24, 2.45) is 14.1 Å². The second-order valence-corrected chi connectivity index (χ2v) is 5.28. The van der Waals surface area contributed by atoms with E-state index in [0.717, 1.165) is 16.2 Å². The highest BCUT2D eigenvalue weighted by Gasteiger charge is 2.14. The number of carboxylic acid groups (broad SMARTS) is 1. The molecule has 3 aromatic rings. The minimum absolute atomic E-state index is 0.254. The minimum Gasteiger partial charge on any atom is -0.478 e. The van der Waals surface area contributed by atoms with E-state index in [0.29, 0.717) is 11.4 Å². The van der Waals surface area contributed by atoms with Gasteiger partial charge in [-0.3, -0.25) is 13.9 Å². The summed E-state index contributed by atoms with van der Waals surface area (Å²) in [6.45, 7) is 0. The van der Waals surface area contributed by atoms with Crippen LogP contribution in [0.15, 0.2) is 39.9 Å². The molecule has 122 valence electrons. The van der Waals surface area contributed by atoms with E-state index >= 15 is 0 Å². The summed E-state index contributed by atoms with van der Waals surface area (Å²) in [5, 5.41) is 8.62. The van der Waals surface area contributed by atoms with Crippen LogP contribution in [0.1, 0.15) is 5.56 Å². The van der Waals surface area contributed by atoms with Crippen molar-refractivity contribution >= 4 is 23.2 Å². The third kappa shape index (κ3) is 2.54. The van der Waals surface area contributed by atoms with Crippen LogP contribution in [0.5, 0.6) is 0 Å². The largest absolute Gasteiger partial charge is 0.478 e. The molecule has 3 rings (SSSR count). The monoisotopic (exact) mass is 326 g/mol. The van der Waals surface area contributed by atoms with E-state index in [1.165, 1.54) is 17.7 Å². The Hall–Kier alpha value is -3.42. The number of aromatic amines is 1. The maximum Gasteiger partial charge on any atom is 0.332 e. The maximum absolute atomic E-state index is 12.2. The molecule has 0 aliphatic carbocycles. The van der Waals surface area contributed by atoms with Gasteiger partial charge < -0.3 is 10.1 Å². The molecule has 8 heteroatoms. The summed E-state index contributed by atoms with van der Waals surface area (Å²) in [5.41, 5.74) is 1.10. The number of nitrogens with one attached hydrogen (secondary N) is 1. The number of aryl methyl sites for hydroxylation is 1. The number of nitrogens with zero attached hydrogens (tertiary/aromatic N) is 3. The normalized spacial score (nSPS) is 11.4. The van der Waals surface area contributed by atoms with Crippen LogP contribution in [0.2, 0.25) is 0 Å². The molecule has 0 aliphatic heterocycles. The van der Waals surface area contributed by atoms with Crippen molar-refractivity contribution in [3.63, 3.8) is 0 Å². The van der Waals surface area contributed by atoms with E-state index < -0.39 is 17.2 Å². The average molecular weight is 326 g/mol.